The maximum absolute atomic E-state index is 12.1. The third kappa shape index (κ3) is 2.17. The number of benzene rings is 1. The molecule has 2 nitrogen and oxygen atoms in total. The number of rotatable bonds is 3. The fraction of sp³-hybridized carbons (Fsp3) is 0.500. The molecule has 0 spiro atoms. The van der Waals surface area contributed by atoms with Crippen molar-refractivity contribution in [1.29, 1.82) is 0 Å². The number of carbonyl (C=O) groups is 1. The Morgan fingerprint density at radius 1 is 1.19 bits per heavy atom. The standard InChI is InChI=1S/C14H19NO/c1-9-4-11(3)13(5-10(9)2)14(16)6-12-7-15-8-12/h4-5,12,15H,6-8H2,1-3H3. The molecule has 1 saturated heterocycles. The summed E-state index contributed by atoms with van der Waals surface area (Å²) in [6.45, 7) is 8.17. The van der Waals surface area contributed by atoms with Gasteiger partial charge in [-0.25, -0.2) is 0 Å². The maximum atomic E-state index is 12.1. The fourth-order valence-electron chi connectivity index (χ4n) is 2.13. The summed E-state index contributed by atoms with van der Waals surface area (Å²) in [4.78, 5) is 12.1. The van der Waals surface area contributed by atoms with Gasteiger partial charge in [-0.2, -0.15) is 0 Å². The Morgan fingerprint density at radius 2 is 1.81 bits per heavy atom. The molecule has 0 aliphatic carbocycles. The van der Waals surface area contributed by atoms with Gasteiger partial charge in [-0.1, -0.05) is 6.07 Å². The Kier molecular flexibility index (Phi) is 3.10. The summed E-state index contributed by atoms with van der Waals surface area (Å²) in [5.74, 6) is 0.848. The van der Waals surface area contributed by atoms with Crippen LogP contribution in [-0.4, -0.2) is 18.9 Å². The zero-order valence-corrected chi connectivity index (χ0v) is 10.3. The van der Waals surface area contributed by atoms with Gasteiger partial charge in [-0.05, 0) is 62.5 Å². The van der Waals surface area contributed by atoms with Crippen molar-refractivity contribution in [3.05, 3.63) is 34.4 Å². The molecule has 16 heavy (non-hydrogen) atoms. The molecule has 0 bridgehead atoms. The largest absolute Gasteiger partial charge is 0.316 e. The molecule has 1 N–H and O–H groups in total. The van der Waals surface area contributed by atoms with Crippen LogP contribution in [0.4, 0.5) is 0 Å². The van der Waals surface area contributed by atoms with E-state index in [0.29, 0.717) is 18.1 Å². The highest BCUT2D eigenvalue weighted by atomic mass is 16.1. The highest BCUT2D eigenvalue weighted by Crippen LogP contribution is 2.19. The zero-order valence-electron chi connectivity index (χ0n) is 10.3. The van der Waals surface area contributed by atoms with E-state index in [1.165, 1.54) is 11.1 Å². The summed E-state index contributed by atoms with van der Waals surface area (Å²) in [7, 11) is 0. The average Bonchev–Trinajstić information content (AvgIpc) is 2.17. The van der Waals surface area contributed by atoms with Crippen molar-refractivity contribution in [3.63, 3.8) is 0 Å². The summed E-state index contributed by atoms with van der Waals surface area (Å²) in [5.41, 5.74) is 4.50. The molecule has 1 aromatic rings. The van der Waals surface area contributed by atoms with Gasteiger partial charge in [-0.3, -0.25) is 4.79 Å². The summed E-state index contributed by atoms with van der Waals surface area (Å²) < 4.78 is 0. The molecule has 0 amide bonds. The molecule has 1 heterocycles. The molecule has 2 heteroatoms. The Bertz CT molecular complexity index is 419. The van der Waals surface area contributed by atoms with Gasteiger partial charge in [0.25, 0.3) is 0 Å². The van der Waals surface area contributed by atoms with Crippen molar-refractivity contribution in [3.8, 4) is 0 Å². The van der Waals surface area contributed by atoms with E-state index >= 15 is 0 Å². The first kappa shape index (κ1) is 11.3. The molecule has 0 atom stereocenters. The van der Waals surface area contributed by atoms with Crippen LogP contribution in [-0.2, 0) is 0 Å². The van der Waals surface area contributed by atoms with Gasteiger partial charge in [0.15, 0.2) is 5.78 Å². The Labute approximate surface area is 97.1 Å². The first-order chi connectivity index (χ1) is 7.58. The molecule has 1 aromatic carbocycles. The summed E-state index contributed by atoms with van der Waals surface area (Å²) in [6, 6.07) is 4.15. The van der Waals surface area contributed by atoms with Crippen LogP contribution in [0.25, 0.3) is 0 Å². The van der Waals surface area contributed by atoms with E-state index in [-0.39, 0.29) is 0 Å². The first-order valence-electron chi connectivity index (χ1n) is 5.89. The van der Waals surface area contributed by atoms with E-state index in [1.54, 1.807) is 0 Å². The molecule has 1 aliphatic heterocycles. The molecular weight excluding hydrogens is 198 g/mol. The second-order valence-corrected chi connectivity index (χ2v) is 4.90. The quantitative estimate of drug-likeness (QED) is 0.788. The molecule has 0 aromatic heterocycles. The van der Waals surface area contributed by atoms with Crippen LogP contribution in [0.15, 0.2) is 12.1 Å². The highest BCUT2D eigenvalue weighted by Gasteiger charge is 2.21. The number of hydrogen-bond donors (Lipinski definition) is 1. The van der Waals surface area contributed by atoms with Crippen molar-refractivity contribution in [1.82, 2.24) is 5.32 Å². The number of carbonyl (C=O) groups excluding carboxylic acids is 1. The van der Waals surface area contributed by atoms with Gasteiger partial charge in [-0.15, -0.1) is 0 Å². The lowest BCUT2D eigenvalue weighted by molar-refractivity contribution is 0.0945. The van der Waals surface area contributed by atoms with Crippen LogP contribution >= 0.6 is 0 Å². The van der Waals surface area contributed by atoms with Gasteiger partial charge < -0.3 is 5.32 Å². The lowest BCUT2D eigenvalue weighted by atomic mass is 9.90. The summed E-state index contributed by atoms with van der Waals surface area (Å²) in [6.07, 6.45) is 0.691. The topological polar surface area (TPSA) is 29.1 Å². The second kappa shape index (κ2) is 4.38. The molecule has 1 fully saturated rings. The maximum Gasteiger partial charge on any atom is 0.163 e. The average molecular weight is 217 g/mol. The number of ketones is 1. The first-order valence-corrected chi connectivity index (χ1v) is 5.89. The van der Waals surface area contributed by atoms with E-state index in [4.69, 9.17) is 0 Å². The monoisotopic (exact) mass is 217 g/mol. The number of aryl methyl sites for hydroxylation is 3. The normalized spacial score (nSPS) is 15.9. The molecule has 0 unspecified atom stereocenters. The van der Waals surface area contributed by atoms with E-state index in [0.717, 1.165) is 24.2 Å². The minimum absolute atomic E-state index is 0.298. The Hall–Kier alpha value is -1.15. The minimum Gasteiger partial charge on any atom is -0.316 e. The van der Waals surface area contributed by atoms with Gasteiger partial charge in [0.05, 0.1) is 0 Å². The molecule has 2 rings (SSSR count). The Morgan fingerprint density at radius 3 is 2.38 bits per heavy atom. The SMILES string of the molecule is Cc1cc(C)c(C(=O)CC2CNC2)cc1C. The van der Waals surface area contributed by atoms with E-state index in [9.17, 15) is 4.79 Å². The van der Waals surface area contributed by atoms with Crippen molar-refractivity contribution in [2.75, 3.05) is 13.1 Å². The zero-order chi connectivity index (χ0) is 11.7. The third-order valence-electron chi connectivity index (χ3n) is 3.48. The molecule has 1 aliphatic rings. The van der Waals surface area contributed by atoms with Crippen molar-refractivity contribution >= 4 is 5.78 Å². The van der Waals surface area contributed by atoms with Crippen LogP contribution in [0.2, 0.25) is 0 Å². The van der Waals surface area contributed by atoms with Crippen LogP contribution in [0.5, 0.6) is 0 Å². The summed E-state index contributed by atoms with van der Waals surface area (Å²) >= 11 is 0. The number of Topliss-reactive ketones (excluding diaryl/α,β-unsaturated/α-hetero) is 1. The molecule has 0 saturated carbocycles. The number of nitrogens with one attached hydrogen (secondary N) is 1. The fourth-order valence-corrected chi connectivity index (χ4v) is 2.13. The van der Waals surface area contributed by atoms with Crippen molar-refractivity contribution in [2.24, 2.45) is 5.92 Å². The molecular formula is C14H19NO. The lowest BCUT2D eigenvalue weighted by Gasteiger charge is -2.26. The summed E-state index contributed by atoms with van der Waals surface area (Å²) in [5, 5.41) is 3.20. The smallest absolute Gasteiger partial charge is 0.163 e. The lowest BCUT2D eigenvalue weighted by Crippen LogP contribution is -2.43. The van der Waals surface area contributed by atoms with E-state index in [1.807, 2.05) is 13.0 Å². The van der Waals surface area contributed by atoms with Crippen molar-refractivity contribution in [2.45, 2.75) is 27.2 Å². The van der Waals surface area contributed by atoms with Gasteiger partial charge in [0, 0.05) is 12.0 Å². The van der Waals surface area contributed by atoms with Crippen LogP contribution in [0, 0.1) is 26.7 Å². The predicted molar refractivity (Wildman–Crippen MR) is 66.0 cm³/mol. The second-order valence-electron chi connectivity index (χ2n) is 4.90. The van der Waals surface area contributed by atoms with E-state index < -0.39 is 0 Å². The van der Waals surface area contributed by atoms with Gasteiger partial charge in [0.2, 0.25) is 0 Å². The molecule has 0 radical (unpaired) electrons. The highest BCUT2D eigenvalue weighted by molar-refractivity contribution is 5.97. The van der Waals surface area contributed by atoms with Crippen molar-refractivity contribution < 1.29 is 4.79 Å². The van der Waals surface area contributed by atoms with Crippen LogP contribution < -0.4 is 5.32 Å². The van der Waals surface area contributed by atoms with Gasteiger partial charge in [0.1, 0.15) is 0 Å². The van der Waals surface area contributed by atoms with E-state index in [2.05, 4.69) is 25.2 Å². The Balaban J connectivity index is 2.18. The third-order valence-corrected chi connectivity index (χ3v) is 3.48. The molecule has 86 valence electrons. The minimum atomic E-state index is 0.298. The van der Waals surface area contributed by atoms with Crippen LogP contribution in [0.3, 0.4) is 0 Å². The van der Waals surface area contributed by atoms with Crippen LogP contribution in [0.1, 0.15) is 33.5 Å². The predicted octanol–water partition coefficient (Wildman–Crippen LogP) is 2.40. The van der Waals surface area contributed by atoms with Gasteiger partial charge >= 0.3 is 0 Å². The number of hydrogen-bond acceptors (Lipinski definition) is 2.